The molecule has 0 N–H and O–H groups in total. The Bertz CT molecular complexity index is 140. The van der Waals surface area contributed by atoms with Crippen LogP contribution in [0.3, 0.4) is 0 Å². The zero-order valence-electron chi connectivity index (χ0n) is 6.10. The molecule has 1 heterocycles. The van der Waals surface area contributed by atoms with Crippen LogP contribution >= 0.6 is 11.8 Å². The second-order valence-corrected chi connectivity index (χ2v) is 3.59. The highest BCUT2D eigenvalue weighted by Crippen LogP contribution is 2.27. The molecule has 2 heteroatoms. The van der Waals surface area contributed by atoms with E-state index in [1.165, 1.54) is 4.91 Å². The Hall–Kier alpha value is -0.110. The van der Waals surface area contributed by atoms with Crippen LogP contribution in [0.2, 0.25) is 0 Å². The molecule has 1 aliphatic heterocycles. The maximum absolute atomic E-state index is 5.46. The average Bonchev–Trinajstić information content (AvgIpc) is 1.80. The normalized spacial score (nSPS) is 28.1. The number of ether oxygens (including phenoxy) is 1. The van der Waals surface area contributed by atoms with Crippen molar-refractivity contribution in [3.05, 3.63) is 10.7 Å². The molecule has 0 aromatic carbocycles. The van der Waals surface area contributed by atoms with E-state index in [2.05, 4.69) is 13.8 Å². The monoisotopic (exact) mass is 144 g/mol. The van der Waals surface area contributed by atoms with Gasteiger partial charge in [-0.15, -0.1) is 11.8 Å². The fraction of sp³-hybridized carbons (Fsp3) is 0.714. The molecule has 0 saturated heterocycles. The van der Waals surface area contributed by atoms with E-state index in [0.29, 0.717) is 6.10 Å². The van der Waals surface area contributed by atoms with Crippen molar-refractivity contribution in [2.45, 2.75) is 26.9 Å². The summed E-state index contributed by atoms with van der Waals surface area (Å²) in [5.41, 5.74) is 0. The van der Waals surface area contributed by atoms with E-state index in [9.17, 15) is 0 Å². The third-order valence-corrected chi connectivity index (χ3v) is 2.76. The molecule has 52 valence electrons. The van der Waals surface area contributed by atoms with Crippen molar-refractivity contribution in [2.75, 3.05) is 5.75 Å². The second kappa shape index (κ2) is 2.65. The number of hydrogen-bond donors (Lipinski definition) is 0. The van der Waals surface area contributed by atoms with Gasteiger partial charge in [-0.2, -0.15) is 0 Å². The fourth-order valence-corrected chi connectivity index (χ4v) is 1.57. The molecular weight excluding hydrogens is 132 g/mol. The van der Waals surface area contributed by atoms with E-state index in [4.69, 9.17) is 4.74 Å². The summed E-state index contributed by atoms with van der Waals surface area (Å²) in [6.45, 7) is 6.23. The van der Waals surface area contributed by atoms with Crippen molar-refractivity contribution in [1.29, 1.82) is 0 Å². The predicted molar refractivity (Wildman–Crippen MR) is 41.4 cm³/mol. The Morgan fingerprint density at radius 2 is 2.22 bits per heavy atom. The maximum Gasteiger partial charge on any atom is 0.105 e. The lowest BCUT2D eigenvalue weighted by atomic mass is 10.4. The van der Waals surface area contributed by atoms with E-state index in [1.54, 1.807) is 0 Å². The van der Waals surface area contributed by atoms with Gasteiger partial charge in [-0.05, 0) is 20.8 Å². The molecule has 1 nitrogen and oxygen atoms in total. The summed E-state index contributed by atoms with van der Waals surface area (Å²) in [6, 6.07) is 0. The van der Waals surface area contributed by atoms with Crippen LogP contribution in [-0.4, -0.2) is 11.9 Å². The lowest BCUT2D eigenvalue weighted by molar-refractivity contribution is 0.148. The Morgan fingerprint density at radius 1 is 1.56 bits per heavy atom. The smallest absolute Gasteiger partial charge is 0.105 e. The van der Waals surface area contributed by atoms with Gasteiger partial charge >= 0.3 is 0 Å². The van der Waals surface area contributed by atoms with Crippen molar-refractivity contribution in [2.24, 2.45) is 0 Å². The summed E-state index contributed by atoms with van der Waals surface area (Å²) >= 11 is 1.89. The van der Waals surface area contributed by atoms with Crippen molar-refractivity contribution in [3.63, 3.8) is 0 Å². The molecule has 1 atom stereocenters. The van der Waals surface area contributed by atoms with Gasteiger partial charge in [0.2, 0.25) is 0 Å². The van der Waals surface area contributed by atoms with Crippen molar-refractivity contribution in [3.8, 4) is 0 Å². The Balaban J connectivity index is 2.61. The third-order valence-electron chi connectivity index (χ3n) is 1.41. The van der Waals surface area contributed by atoms with Crippen molar-refractivity contribution >= 4 is 11.8 Å². The maximum atomic E-state index is 5.46. The van der Waals surface area contributed by atoms with E-state index in [1.807, 2.05) is 18.7 Å². The van der Waals surface area contributed by atoms with Gasteiger partial charge in [0.15, 0.2) is 0 Å². The number of hydrogen-bond acceptors (Lipinski definition) is 2. The number of rotatable bonds is 0. The minimum absolute atomic E-state index is 0.402. The molecule has 0 saturated carbocycles. The van der Waals surface area contributed by atoms with Crippen LogP contribution in [-0.2, 0) is 4.74 Å². The fourth-order valence-electron chi connectivity index (χ4n) is 0.763. The Labute approximate surface area is 60.5 Å². The largest absolute Gasteiger partial charge is 0.494 e. The van der Waals surface area contributed by atoms with Gasteiger partial charge in [-0.1, -0.05) is 0 Å². The minimum atomic E-state index is 0.402. The number of thioether (sulfide) groups is 1. The molecule has 0 aromatic rings. The van der Waals surface area contributed by atoms with Crippen LogP contribution in [0.25, 0.3) is 0 Å². The van der Waals surface area contributed by atoms with E-state index < -0.39 is 0 Å². The lowest BCUT2D eigenvalue weighted by Crippen LogP contribution is -2.14. The SMILES string of the molecule is CC1=C(C)SCC(C)O1. The zero-order chi connectivity index (χ0) is 6.85. The molecule has 0 bridgehead atoms. The first kappa shape index (κ1) is 7.00. The highest BCUT2D eigenvalue weighted by molar-refractivity contribution is 8.03. The molecule has 1 aliphatic rings. The summed E-state index contributed by atoms with van der Waals surface area (Å²) in [6.07, 6.45) is 0.402. The summed E-state index contributed by atoms with van der Waals surface area (Å²) in [4.78, 5) is 1.33. The van der Waals surface area contributed by atoms with E-state index >= 15 is 0 Å². The molecule has 0 aliphatic carbocycles. The standard InChI is InChI=1S/C7H12OS/c1-5-4-9-7(3)6(2)8-5/h5H,4H2,1-3H3. The van der Waals surface area contributed by atoms with Crippen LogP contribution < -0.4 is 0 Å². The van der Waals surface area contributed by atoms with E-state index in [0.717, 1.165) is 11.5 Å². The summed E-state index contributed by atoms with van der Waals surface area (Å²) in [5.74, 6) is 2.20. The first-order chi connectivity index (χ1) is 4.20. The first-order valence-corrected chi connectivity index (χ1v) is 4.15. The lowest BCUT2D eigenvalue weighted by Gasteiger charge is -2.21. The summed E-state index contributed by atoms with van der Waals surface area (Å²) < 4.78 is 5.46. The van der Waals surface area contributed by atoms with Gasteiger partial charge in [-0.3, -0.25) is 0 Å². The average molecular weight is 144 g/mol. The molecule has 0 aromatic heterocycles. The zero-order valence-corrected chi connectivity index (χ0v) is 6.92. The number of allylic oxidation sites excluding steroid dienone is 2. The van der Waals surface area contributed by atoms with Crippen LogP contribution in [0.4, 0.5) is 0 Å². The van der Waals surface area contributed by atoms with Gasteiger partial charge in [0, 0.05) is 10.7 Å². The second-order valence-electron chi connectivity index (χ2n) is 2.35. The van der Waals surface area contributed by atoms with Gasteiger partial charge in [0.05, 0.1) is 0 Å². The molecule has 9 heavy (non-hydrogen) atoms. The Morgan fingerprint density at radius 3 is 2.67 bits per heavy atom. The third kappa shape index (κ3) is 1.65. The van der Waals surface area contributed by atoms with Gasteiger partial charge in [-0.25, -0.2) is 0 Å². The van der Waals surface area contributed by atoms with Crippen LogP contribution in [0.15, 0.2) is 10.7 Å². The predicted octanol–water partition coefficient (Wildman–Crippen LogP) is 2.39. The van der Waals surface area contributed by atoms with Crippen LogP contribution in [0, 0.1) is 0 Å². The first-order valence-electron chi connectivity index (χ1n) is 3.17. The molecule has 1 rings (SSSR count). The molecule has 1 unspecified atom stereocenters. The summed E-state index contributed by atoms with van der Waals surface area (Å²) in [7, 11) is 0. The quantitative estimate of drug-likeness (QED) is 0.516. The molecule has 0 fully saturated rings. The van der Waals surface area contributed by atoms with Gasteiger partial charge < -0.3 is 4.74 Å². The highest BCUT2D eigenvalue weighted by atomic mass is 32.2. The molecular formula is C7H12OS. The summed E-state index contributed by atoms with van der Waals surface area (Å²) in [5, 5.41) is 0. The van der Waals surface area contributed by atoms with Crippen molar-refractivity contribution in [1.82, 2.24) is 0 Å². The minimum Gasteiger partial charge on any atom is -0.494 e. The molecule has 0 spiro atoms. The van der Waals surface area contributed by atoms with Crippen LogP contribution in [0.1, 0.15) is 20.8 Å². The Kier molecular flexibility index (Phi) is 2.06. The topological polar surface area (TPSA) is 9.23 Å². The van der Waals surface area contributed by atoms with Gasteiger partial charge in [0.25, 0.3) is 0 Å². The molecule has 0 radical (unpaired) electrons. The van der Waals surface area contributed by atoms with Crippen molar-refractivity contribution < 1.29 is 4.74 Å². The van der Waals surface area contributed by atoms with Crippen LogP contribution in [0.5, 0.6) is 0 Å². The van der Waals surface area contributed by atoms with E-state index in [-0.39, 0.29) is 0 Å². The molecule has 0 amide bonds. The highest BCUT2D eigenvalue weighted by Gasteiger charge is 2.12. The van der Waals surface area contributed by atoms with Gasteiger partial charge in [0.1, 0.15) is 11.9 Å².